The molecule has 4 rings (SSSR count). The third kappa shape index (κ3) is 5.45. The zero-order valence-corrected chi connectivity index (χ0v) is 18.4. The van der Waals surface area contributed by atoms with E-state index in [4.69, 9.17) is 11.6 Å². The Hall–Kier alpha value is -3.96. The van der Waals surface area contributed by atoms with Crippen LogP contribution < -0.4 is 21.3 Å². The van der Waals surface area contributed by atoms with Crippen LogP contribution in [0.1, 0.15) is 10.4 Å². The average Bonchev–Trinajstić information content (AvgIpc) is 2.79. The molecule has 0 spiro atoms. The first-order valence-corrected chi connectivity index (χ1v) is 11.4. The van der Waals surface area contributed by atoms with Gasteiger partial charge in [0.2, 0.25) is 0 Å². The zero-order chi connectivity index (χ0) is 23.4. The zero-order valence-electron chi connectivity index (χ0n) is 16.9. The predicted octanol–water partition coefficient (Wildman–Crippen LogP) is 3.32. The molecule has 0 fully saturated rings. The van der Waals surface area contributed by atoms with E-state index in [1.165, 1.54) is 18.3 Å². The van der Waals surface area contributed by atoms with Crippen molar-refractivity contribution in [2.45, 2.75) is 4.90 Å². The first-order chi connectivity index (χ1) is 15.8. The summed E-state index contributed by atoms with van der Waals surface area (Å²) in [6.45, 7) is -0.151. The Labute approximate surface area is 194 Å². The minimum absolute atomic E-state index is 0.0714. The number of amidine groups is 1. The molecule has 0 unspecified atom stereocenters. The van der Waals surface area contributed by atoms with Gasteiger partial charge in [-0.1, -0.05) is 29.8 Å². The van der Waals surface area contributed by atoms with E-state index >= 15 is 0 Å². The Morgan fingerprint density at radius 1 is 1.00 bits per heavy atom. The normalized spacial score (nSPS) is 13.7. The van der Waals surface area contributed by atoms with Crippen LogP contribution in [0.25, 0.3) is 0 Å². The molecule has 4 N–H and O–H groups in total. The second-order valence-corrected chi connectivity index (χ2v) is 8.85. The van der Waals surface area contributed by atoms with Gasteiger partial charge >= 0.3 is 6.03 Å². The second-order valence-electron chi connectivity index (χ2n) is 6.84. The summed E-state index contributed by atoms with van der Waals surface area (Å²) in [7, 11) is -3.84. The number of aromatic nitrogens is 1. The van der Waals surface area contributed by atoms with Gasteiger partial charge in [0.15, 0.2) is 0 Å². The highest BCUT2D eigenvalue weighted by molar-refractivity contribution is 7.90. The number of pyridine rings is 1. The minimum atomic E-state index is -3.84. The van der Waals surface area contributed by atoms with Crippen molar-refractivity contribution in [3.8, 4) is 0 Å². The Kier molecular flexibility index (Phi) is 6.24. The number of sulfonamides is 1. The maximum Gasteiger partial charge on any atom is 0.319 e. The molecule has 2 heterocycles. The lowest BCUT2D eigenvalue weighted by Crippen LogP contribution is -2.37. The van der Waals surface area contributed by atoms with Crippen LogP contribution >= 0.6 is 11.6 Å². The van der Waals surface area contributed by atoms with Gasteiger partial charge in [0.05, 0.1) is 17.3 Å². The number of halogens is 1. The first-order valence-electron chi connectivity index (χ1n) is 9.58. The fraction of sp³-hybridized carbons (Fsp3) is 0.0476. The third-order valence-electron chi connectivity index (χ3n) is 4.44. The monoisotopic (exact) mass is 484 g/mol. The van der Waals surface area contributed by atoms with Crippen molar-refractivity contribution in [3.63, 3.8) is 0 Å². The lowest BCUT2D eigenvalue weighted by atomic mass is 10.2. The van der Waals surface area contributed by atoms with Crippen LogP contribution in [0, 0.1) is 0 Å². The molecule has 1 aliphatic rings. The topological polar surface area (TPSA) is 142 Å². The lowest BCUT2D eigenvalue weighted by molar-refractivity contribution is 0.102. The van der Waals surface area contributed by atoms with E-state index in [1.54, 1.807) is 48.5 Å². The Morgan fingerprint density at radius 3 is 2.61 bits per heavy atom. The standard InChI is InChI=1S/C21H17ClN6O4S/c22-14-8-9-18(23-11-14)27-20(29)13-4-3-5-15(10-13)25-21(30)24-12-19-26-16-6-1-2-7-17(16)33(31,32)28-19/h1-11H,12H2,(H,26,28)(H,23,27,29)(H2,24,25,30). The molecule has 33 heavy (non-hydrogen) atoms. The average molecular weight is 485 g/mol. The Morgan fingerprint density at radius 2 is 1.82 bits per heavy atom. The number of para-hydroxylation sites is 1. The number of carbonyl (C=O) groups excluding carboxylic acids is 2. The summed E-state index contributed by atoms with van der Waals surface area (Å²) >= 11 is 5.78. The molecule has 12 heteroatoms. The van der Waals surface area contributed by atoms with Crippen molar-refractivity contribution in [3.05, 3.63) is 77.4 Å². The first kappa shape index (κ1) is 22.2. The number of anilines is 3. The molecule has 3 aromatic rings. The highest BCUT2D eigenvalue weighted by Crippen LogP contribution is 2.26. The van der Waals surface area contributed by atoms with E-state index in [2.05, 4.69) is 30.6 Å². The summed E-state index contributed by atoms with van der Waals surface area (Å²) in [5.74, 6) is -0.0104. The number of amides is 3. The predicted molar refractivity (Wildman–Crippen MR) is 125 cm³/mol. The van der Waals surface area contributed by atoms with E-state index in [-0.39, 0.29) is 17.3 Å². The van der Waals surface area contributed by atoms with Crippen LogP contribution in [-0.2, 0) is 10.0 Å². The van der Waals surface area contributed by atoms with Crippen molar-refractivity contribution >= 4 is 56.6 Å². The number of urea groups is 1. The number of rotatable bonds is 5. The van der Waals surface area contributed by atoms with Crippen LogP contribution in [0.3, 0.4) is 0 Å². The molecule has 3 amide bonds. The van der Waals surface area contributed by atoms with Crippen LogP contribution in [0.2, 0.25) is 5.02 Å². The lowest BCUT2D eigenvalue weighted by Gasteiger charge is -2.18. The van der Waals surface area contributed by atoms with Gasteiger partial charge in [-0.3, -0.25) is 4.79 Å². The molecule has 0 saturated heterocycles. The molecule has 1 aromatic heterocycles. The van der Waals surface area contributed by atoms with Crippen molar-refractivity contribution in [2.24, 2.45) is 4.40 Å². The van der Waals surface area contributed by atoms with Crippen molar-refractivity contribution in [2.75, 3.05) is 22.5 Å². The number of nitrogens with one attached hydrogen (secondary N) is 4. The summed E-state index contributed by atoms with van der Waals surface area (Å²) in [4.78, 5) is 28.8. The highest BCUT2D eigenvalue weighted by atomic mass is 35.5. The Balaban J connectivity index is 1.36. The smallest absolute Gasteiger partial charge is 0.319 e. The van der Waals surface area contributed by atoms with Crippen molar-refractivity contribution in [1.29, 1.82) is 0 Å². The van der Waals surface area contributed by atoms with E-state index in [0.29, 0.717) is 27.8 Å². The quantitative estimate of drug-likeness (QED) is 0.437. The Bertz CT molecular complexity index is 1360. The van der Waals surface area contributed by atoms with Crippen molar-refractivity contribution in [1.82, 2.24) is 10.3 Å². The fourth-order valence-electron chi connectivity index (χ4n) is 2.96. The molecular formula is C21H17ClN6O4S. The maximum absolute atomic E-state index is 12.4. The van der Waals surface area contributed by atoms with Gasteiger partial charge in [-0.2, -0.15) is 8.42 Å². The van der Waals surface area contributed by atoms with Gasteiger partial charge in [0.25, 0.3) is 15.9 Å². The van der Waals surface area contributed by atoms with Crippen LogP contribution in [0.4, 0.5) is 22.0 Å². The number of fused-ring (bicyclic) bond motifs is 1. The van der Waals surface area contributed by atoms with E-state index < -0.39 is 22.0 Å². The molecular weight excluding hydrogens is 468 g/mol. The molecule has 1 aliphatic heterocycles. The maximum atomic E-state index is 12.4. The van der Waals surface area contributed by atoms with Gasteiger partial charge in [-0.25, -0.2) is 9.78 Å². The molecule has 2 aromatic carbocycles. The van der Waals surface area contributed by atoms with Crippen LogP contribution in [-0.4, -0.2) is 37.7 Å². The highest BCUT2D eigenvalue weighted by Gasteiger charge is 2.24. The minimum Gasteiger partial charge on any atom is -0.340 e. The molecule has 168 valence electrons. The third-order valence-corrected chi connectivity index (χ3v) is 6.04. The SMILES string of the molecule is O=C(NCC1=NS(=O)(=O)c2ccccc2N1)Nc1cccc(C(=O)Nc2ccc(Cl)cn2)c1. The fourth-order valence-corrected chi connectivity index (χ4v) is 4.22. The van der Waals surface area contributed by atoms with Gasteiger partial charge < -0.3 is 21.3 Å². The van der Waals surface area contributed by atoms with Gasteiger partial charge in [0.1, 0.15) is 16.5 Å². The van der Waals surface area contributed by atoms with Crippen molar-refractivity contribution < 1.29 is 18.0 Å². The summed E-state index contributed by atoms with van der Waals surface area (Å²) in [6, 6.07) is 15.2. The molecule has 0 radical (unpaired) electrons. The molecule has 10 nitrogen and oxygen atoms in total. The van der Waals surface area contributed by atoms with Gasteiger partial charge in [0, 0.05) is 17.4 Å². The number of nitrogens with zero attached hydrogens (tertiary/aromatic N) is 2. The van der Waals surface area contributed by atoms with Gasteiger partial charge in [-0.05, 0) is 42.5 Å². The van der Waals surface area contributed by atoms with Gasteiger partial charge in [-0.15, -0.1) is 4.40 Å². The summed E-state index contributed by atoms with van der Waals surface area (Å²) in [5.41, 5.74) is 1.05. The summed E-state index contributed by atoms with van der Waals surface area (Å²) in [5, 5.41) is 11.1. The summed E-state index contributed by atoms with van der Waals surface area (Å²) in [6.07, 6.45) is 1.41. The van der Waals surface area contributed by atoms with Crippen LogP contribution in [0.15, 0.2) is 76.2 Å². The molecule has 0 saturated carbocycles. The van der Waals surface area contributed by atoms with E-state index in [0.717, 1.165) is 0 Å². The largest absolute Gasteiger partial charge is 0.340 e. The number of hydrogen-bond donors (Lipinski definition) is 4. The second kappa shape index (κ2) is 9.27. The van der Waals surface area contributed by atoms with E-state index in [1.807, 2.05) is 0 Å². The summed E-state index contributed by atoms with van der Waals surface area (Å²) < 4.78 is 28.2. The number of benzene rings is 2. The molecule has 0 aliphatic carbocycles. The molecule has 0 atom stereocenters. The number of hydrogen-bond acceptors (Lipinski definition) is 6. The number of carbonyl (C=O) groups is 2. The molecule has 0 bridgehead atoms. The van der Waals surface area contributed by atoms with E-state index in [9.17, 15) is 18.0 Å². The van der Waals surface area contributed by atoms with Crippen LogP contribution in [0.5, 0.6) is 0 Å².